The predicted octanol–water partition coefficient (Wildman–Crippen LogP) is 0.979. The molecule has 0 radical (unpaired) electrons. The number of rotatable bonds is 1. The second-order valence-corrected chi connectivity index (χ2v) is 2.68. The first-order valence-corrected chi connectivity index (χ1v) is 3.45. The van der Waals surface area contributed by atoms with Crippen LogP contribution in [0.3, 0.4) is 0 Å². The van der Waals surface area contributed by atoms with Crippen molar-refractivity contribution in [2.75, 3.05) is 11.9 Å². The number of aryl methyl sites for hydroxylation is 1. The van der Waals surface area contributed by atoms with Gasteiger partial charge in [-0.2, -0.15) is 0 Å². The summed E-state index contributed by atoms with van der Waals surface area (Å²) in [5.41, 5.74) is 2.62. The number of hydrogen-bond donors (Lipinski definition) is 0. The van der Waals surface area contributed by atoms with Gasteiger partial charge in [0.1, 0.15) is 0 Å². The van der Waals surface area contributed by atoms with Crippen LogP contribution in [-0.2, 0) is 0 Å². The molecule has 0 saturated carbocycles. The highest BCUT2D eigenvalue weighted by Crippen LogP contribution is 2.14. The molecule has 0 spiro atoms. The van der Waals surface area contributed by atoms with E-state index in [0.29, 0.717) is 0 Å². The second-order valence-electron chi connectivity index (χ2n) is 2.68. The smallest absolute Gasteiger partial charge is 0.217 e. The summed E-state index contributed by atoms with van der Waals surface area (Å²) in [5.74, 6) is 0. The molecule has 0 amide bonds. The van der Waals surface area contributed by atoms with E-state index >= 15 is 0 Å². The molecule has 0 bridgehead atoms. The van der Waals surface area contributed by atoms with Crippen molar-refractivity contribution in [3.05, 3.63) is 29.8 Å². The number of hydrogen-bond acceptors (Lipinski definition) is 1. The fourth-order valence-corrected chi connectivity index (χ4v) is 1.07. The largest absolute Gasteiger partial charge is 0.424 e. The topological polar surface area (TPSA) is 3.24 Å². The van der Waals surface area contributed by atoms with Gasteiger partial charge in [0, 0.05) is 5.69 Å². The molecule has 0 N–H and O–H groups in total. The Bertz CT molecular complexity index is 220. The zero-order chi connectivity index (χ0) is 7.56. The molecule has 0 aliphatic rings. The van der Waals surface area contributed by atoms with Crippen LogP contribution in [0.5, 0.6) is 0 Å². The van der Waals surface area contributed by atoms with Gasteiger partial charge in [-0.1, -0.05) is 18.2 Å². The molecule has 1 aromatic rings. The predicted molar refractivity (Wildman–Crippen MR) is 48.1 cm³/mol. The van der Waals surface area contributed by atoms with E-state index in [1.165, 1.54) is 11.3 Å². The maximum absolute atomic E-state index is 2.12. The Balaban J connectivity index is 3.03. The van der Waals surface area contributed by atoms with Crippen LogP contribution in [0.25, 0.3) is 0 Å². The summed E-state index contributed by atoms with van der Waals surface area (Å²) in [4.78, 5) is 2.12. The van der Waals surface area contributed by atoms with Crippen LogP contribution in [0, 0.1) is 6.92 Å². The third-order valence-corrected chi connectivity index (χ3v) is 1.60. The van der Waals surface area contributed by atoms with Crippen molar-refractivity contribution < 1.29 is 0 Å². The number of para-hydroxylation sites is 1. The normalized spacial score (nSPS) is 9.40. The third kappa shape index (κ3) is 1.32. The highest BCUT2D eigenvalue weighted by atomic mass is 15.0. The van der Waals surface area contributed by atoms with Crippen molar-refractivity contribution >= 4 is 13.7 Å². The molecule has 10 heavy (non-hydrogen) atoms. The third-order valence-electron chi connectivity index (χ3n) is 1.60. The summed E-state index contributed by atoms with van der Waals surface area (Å²) < 4.78 is 0. The summed E-state index contributed by atoms with van der Waals surface area (Å²) in [7, 11) is 4.12. The molecule has 0 aliphatic heterocycles. The van der Waals surface area contributed by atoms with Gasteiger partial charge in [-0.15, -0.1) is 0 Å². The Kier molecular flexibility index (Phi) is 2.00. The second kappa shape index (κ2) is 2.78. The number of anilines is 1. The molecule has 0 aliphatic carbocycles. The van der Waals surface area contributed by atoms with Crippen molar-refractivity contribution in [1.82, 2.24) is 0 Å². The van der Waals surface area contributed by atoms with Crippen molar-refractivity contribution in [1.29, 1.82) is 0 Å². The van der Waals surface area contributed by atoms with E-state index in [0.717, 1.165) is 0 Å². The van der Waals surface area contributed by atoms with Crippen LogP contribution in [0.4, 0.5) is 5.69 Å². The first-order chi connectivity index (χ1) is 4.72. The Morgan fingerprint density at radius 3 is 2.30 bits per heavy atom. The van der Waals surface area contributed by atoms with Crippen LogP contribution in [0.15, 0.2) is 24.3 Å². The van der Waals surface area contributed by atoms with E-state index in [2.05, 4.69) is 51.0 Å². The molecular weight excluding hydrogens is 121 g/mol. The van der Waals surface area contributed by atoms with Gasteiger partial charge in [0.15, 0.2) is 0 Å². The zero-order valence-corrected chi connectivity index (χ0v) is 6.76. The van der Waals surface area contributed by atoms with Gasteiger partial charge in [-0.25, -0.2) is 0 Å². The summed E-state index contributed by atoms with van der Waals surface area (Å²) in [6.07, 6.45) is 0. The lowest BCUT2D eigenvalue weighted by molar-refractivity contribution is 1.29. The number of nitrogens with zero attached hydrogens (tertiary/aromatic N) is 1. The molecule has 0 aromatic heterocycles. The lowest BCUT2D eigenvalue weighted by atomic mass is 10.1. The average Bonchev–Trinajstić information content (AvgIpc) is 1.88. The van der Waals surface area contributed by atoms with Gasteiger partial charge < -0.3 is 4.81 Å². The highest BCUT2D eigenvalue weighted by molar-refractivity contribution is 6.17. The van der Waals surface area contributed by atoms with Crippen LogP contribution in [-0.4, -0.2) is 15.0 Å². The first-order valence-electron chi connectivity index (χ1n) is 3.45. The average molecular weight is 133 g/mol. The molecule has 0 unspecified atom stereocenters. The van der Waals surface area contributed by atoms with Crippen molar-refractivity contribution in [3.63, 3.8) is 0 Å². The summed E-state index contributed by atoms with van der Waals surface area (Å²) in [6.45, 7) is 2.12. The van der Waals surface area contributed by atoms with Crippen LogP contribution >= 0.6 is 0 Å². The molecule has 1 nitrogen and oxygen atoms in total. The molecule has 1 aromatic carbocycles. The molecule has 2 heteroatoms. The molecule has 0 heterocycles. The van der Waals surface area contributed by atoms with E-state index in [1.807, 2.05) is 0 Å². The quantitative estimate of drug-likeness (QED) is 0.516. The standard InChI is InChI=1S/C8H12BN/c1-7-5-3-4-6-8(7)10(2)9/h3-6H,9H2,1-2H3. The Morgan fingerprint density at radius 1 is 1.30 bits per heavy atom. The van der Waals surface area contributed by atoms with Crippen molar-refractivity contribution in [3.8, 4) is 0 Å². The van der Waals surface area contributed by atoms with Gasteiger partial charge in [0.2, 0.25) is 7.98 Å². The number of benzene rings is 1. The fraction of sp³-hybridized carbons (Fsp3) is 0.250. The summed E-state index contributed by atoms with van der Waals surface area (Å²) >= 11 is 0. The minimum absolute atomic E-state index is 1.29. The summed E-state index contributed by atoms with van der Waals surface area (Å²) in [6, 6.07) is 8.36. The molecule has 0 fully saturated rings. The van der Waals surface area contributed by atoms with Gasteiger partial charge in [0.25, 0.3) is 0 Å². The van der Waals surface area contributed by atoms with E-state index in [1.54, 1.807) is 0 Å². The SMILES string of the molecule is BN(C)c1ccccc1C. The van der Waals surface area contributed by atoms with Gasteiger partial charge in [0.05, 0.1) is 0 Å². The maximum atomic E-state index is 2.12. The molecule has 0 atom stereocenters. The Morgan fingerprint density at radius 2 is 1.90 bits per heavy atom. The monoisotopic (exact) mass is 133 g/mol. The van der Waals surface area contributed by atoms with E-state index in [9.17, 15) is 0 Å². The molecule has 1 rings (SSSR count). The van der Waals surface area contributed by atoms with Gasteiger partial charge in [-0.05, 0) is 25.6 Å². The van der Waals surface area contributed by atoms with Gasteiger partial charge in [-0.3, -0.25) is 0 Å². The van der Waals surface area contributed by atoms with E-state index in [4.69, 9.17) is 0 Å². The van der Waals surface area contributed by atoms with E-state index < -0.39 is 0 Å². The molecule has 52 valence electrons. The van der Waals surface area contributed by atoms with Crippen molar-refractivity contribution in [2.45, 2.75) is 6.92 Å². The minimum Gasteiger partial charge on any atom is -0.424 e. The van der Waals surface area contributed by atoms with Crippen molar-refractivity contribution in [2.24, 2.45) is 0 Å². The zero-order valence-electron chi connectivity index (χ0n) is 6.76. The highest BCUT2D eigenvalue weighted by Gasteiger charge is 1.95. The minimum atomic E-state index is 1.29. The van der Waals surface area contributed by atoms with Crippen LogP contribution in [0.1, 0.15) is 5.56 Å². The Labute approximate surface area is 63.1 Å². The fourth-order valence-electron chi connectivity index (χ4n) is 1.07. The van der Waals surface area contributed by atoms with Gasteiger partial charge >= 0.3 is 0 Å². The molecule has 0 saturated heterocycles. The Hall–Kier alpha value is -0.915. The summed E-state index contributed by atoms with van der Waals surface area (Å²) in [5, 5.41) is 0. The lowest BCUT2D eigenvalue weighted by Crippen LogP contribution is -2.12. The lowest BCUT2D eigenvalue weighted by Gasteiger charge is -2.14. The molecular formula is C8H12BN. The first kappa shape index (κ1) is 7.20. The van der Waals surface area contributed by atoms with E-state index in [-0.39, 0.29) is 0 Å². The maximum Gasteiger partial charge on any atom is 0.217 e. The van der Waals surface area contributed by atoms with Crippen LogP contribution < -0.4 is 4.81 Å². The van der Waals surface area contributed by atoms with Crippen LogP contribution in [0.2, 0.25) is 0 Å².